The summed E-state index contributed by atoms with van der Waals surface area (Å²) in [6, 6.07) is 5.76. The number of nitrogens with one attached hydrogen (secondary N) is 2. The second-order valence-corrected chi connectivity index (χ2v) is 6.94. The Labute approximate surface area is 148 Å². The number of benzene rings is 1. The molecule has 1 atom stereocenters. The van der Waals surface area contributed by atoms with Gasteiger partial charge in [-0.05, 0) is 57.0 Å². The smallest absolute Gasteiger partial charge is 0.148 e. The molecule has 1 aromatic rings. The Kier molecular flexibility index (Phi) is 6.08. The number of halogens is 1. The van der Waals surface area contributed by atoms with Crippen LogP contribution in [0.25, 0.3) is 0 Å². The van der Waals surface area contributed by atoms with Crippen LogP contribution in [0.15, 0.2) is 18.2 Å². The molecule has 8 heteroatoms. The van der Waals surface area contributed by atoms with Crippen LogP contribution in [0, 0.1) is 5.82 Å². The van der Waals surface area contributed by atoms with Crippen LogP contribution in [-0.4, -0.2) is 49.7 Å². The Bertz CT molecular complexity index is 554. The second-order valence-electron chi connectivity index (χ2n) is 6.94. The van der Waals surface area contributed by atoms with E-state index in [4.69, 9.17) is 17.2 Å². The van der Waals surface area contributed by atoms with Gasteiger partial charge in [-0.3, -0.25) is 11.1 Å². The van der Waals surface area contributed by atoms with Gasteiger partial charge in [0.1, 0.15) is 18.4 Å². The van der Waals surface area contributed by atoms with E-state index in [0.717, 1.165) is 25.9 Å². The number of rotatable bonds is 6. The van der Waals surface area contributed by atoms with Crippen LogP contribution >= 0.6 is 0 Å². The molecule has 2 aliphatic rings. The van der Waals surface area contributed by atoms with Crippen LogP contribution in [0.2, 0.25) is 0 Å². The molecule has 0 amide bonds. The van der Waals surface area contributed by atoms with Crippen molar-refractivity contribution in [3.63, 3.8) is 0 Å². The van der Waals surface area contributed by atoms with E-state index >= 15 is 0 Å². The van der Waals surface area contributed by atoms with Gasteiger partial charge in [0.25, 0.3) is 0 Å². The highest BCUT2D eigenvalue weighted by Crippen LogP contribution is 2.28. The fourth-order valence-corrected chi connectivity index (χ4v) is 3.86. The fourth-order valence-electron chi connectivity index (χ4n) is 3.86. The normalized spacial score (nSPS) is 21.1. The van der Waals surface area contributed by atoms with Gasteiger partial charge in [-0.25, -0.2) is 4.39 Å². The third-order valence-electron chi connectivity index (χ3n) is 5.10. The van der Waals surface area contributed by atoms with Gasteiger partial charge in [0.05, 0.1) is 5.69 Å². The van der Waals surface area contributed by atoms with E-state index < -0.39 is 12.6 Å². The lowest BCUT2D eigenvalue weighted by molar-refractivity contribution is 0.207. The van der Waals surface area contributed by atoms with Crippen LogP contribution in [0.5, 0.6) is 0 Å². The number of likely N-dealkylation sites (tertiary alicyclic amines) is 1. The molecule has 0 aliphatic carbocycles. The summed E-state index contributed by atoms with van der Waals surface area (Å²) in [5, 5.41) is 5.63. The third kappa shape index (κ3) is 4.80. The zero-order chi connectivity index (χ0) is 17.8. The van der Waals surface area contributed by atoms with Gasteiger partial charge in [0.15, 0.2) is 0 Å². The quantitative estimate of drug-likeness (QED) is 0.470. The van der Waals surface area contributed by atoms with Gasteiger partial charge in [-0.1, -0.05) is 0 Å². The Morgan fingerprint density at radius 2 is 1.72 bits per heavy atom. The minimum Gasteiger partial charge on any atom is -0.369 e. The van der Waals surface area contributed by atoms with E-state index in [-0.39, 0.29) is 5.82 Å². The zero-order valence-corrected chi connectivity index (χ0v) is 14.6. The van der Waals surface area contributed by atoms with E-state index in [1.54, 1.807) is 0 Å². The maximum Gasteiger partial charge on any atom is 0.148 e. The van der Waals surface area contributed by atoms with Crippen LogP contribution in [-0.2, 0) is 0 Å². The highest BCUT2D eigenvalue weighted by Gasteiger charge is 2.27. The Hall–Kier alpha value is -1.45. The van der Waals surface area contributed by atoms with Crippen molar-refractivity contribution in [2.45, 2.75) is 44.3 Å². The lowest BCUT2D eigenvalue weighted by Crippen LogP contribution is -2.56. The van der Waals surface area contributed by atoms with E-state index in [9.17, 15) is 4.39 Å². The first-order chi connectivity index (χ1) is 12.0. The number of piperidine rings is 1. The number of hydrogen-bond acceptors (Lipinski definition) is 7. The SMILES string of the molecule is NC(N)NC(N)Nc1ccc(N2CCC(N3CCCC3)CC2)c(F)c1. The van der Waals surface area contributed by atoms with Crippen molar-refractivity contribution in [2.24, 2.45) is 17.2 Å². The molecule has 0 saturated carbocycles. The largest absolute Gasteiger partial charge is 0.369 e. The van der Waals surface area contributed by atoms with Gasteiger partial charge < -0.3 is 26.6 Å². The molecule has 2 heterocycles. The van der Waals surface area contributed by atoms with E-state index in [2.05, 4.69) is 20.4 Å². The molecule has 0 aromatic heterocycles. The summed E-state index contributed by atoms with van der Waals surface area (Å²) in [7, 11) is 0. The summed E-state index contributed by atoms with van der Waals surface area (Å²) in [6.07, 6.45) is 3.46. The zero-order valence-electron chi connectivity index (χ0n) is 14.6. The van der Waals surface area contributed by atoms with Crippen LogP contribution in [0.4, 0.5) is 15.8 Å². The van der Waals surface area contributed by atoms with Crippen LogP contribution in [0.1, 0.15) is 25.7 Å². The number of anilines is 2. The van der Waals surface area contributed by atoms with Gasteiger partial charge >= 0.3 is 0 Å². The summed E-state index contributed by atoms with van der Waals surface area (Å²) < 4.78 is 14.5. The molecular formula is C17H30FN7. The van der Waals surface area contributed by atoms with Gasteiger partial charge in [0.2, 0.25) is 0 Å². The summed E-state index contributed by atoms with van der Waals surface area (Å²) in [5.41, 5.74) is 17.9. The van der Waals surface area contributed by atoms with Crippen molar-refractivity contribution in [1.29, 1.82) is 0 Å². The number of nitrogens with two attached hydrogens (primary N) is 3. The molecule has 2 fully saturated rings. The second kappa shape index (κ2) is 8.29. The summed E-state index contributed by atoms with van der Waals surface area (Å²) in [6.45, 7) is 4.24. The van der Waals surface area contributed by atoms with Crippen LogP contribution in [0.3, 0.4) is 0 Å². The monoisotopic (exact) mass is 351 g/mol. The van der Waals surface area contributed by atoms with Crippen molar-refractivity contribution in [1.82, 2.24) is 10.2 Å². The van der Waals surface area contributed by atoms with Gasteiger partial charge in [-0.15, -0.1) is 0 Å². The fraction of sp³-hybridized carbons (Fsp3) is 0.647. The predicted molar refractivity (Wildman–Crippen MR) is 99.3 cm³/mol. The Balaban J connectivity index is 1.56. The Morgan fingerprint density at radius 1 is 1.04 bits per heavy atom. The molecule has 3 rings (SSSR count). The van der Waals surface area contributed by atoms with Crippen molar-refractivity contribution < 1.29 is 4.39 Å². The Morgan fingerprint density at radius 3 is 2.32 bits per heavy atom. The molecule has 7 nitrogen and oxygen atoms in total. The predicted octanol–water partition coefficient (Wildman–Crippen LogP) is 0.335. The highest BCUT2D eigenvalue weighted by atomic mass is 19.1. The van der Waals surface area contributed by atoms with Crippen molar-refractivity contribution in [3.8, 4) is 0 Å². The molecule has 25 heavy (non-hydrogen) atoms. The van der Waals surface area contributed by atoms with E-state index in [1.807, 2.05) is 12.1 Å². The maximum absolute atomic E-state index is 14.5. The van der Waals surface area contributed by atoms with Crippen molar-refractivity contribution >= 4 is 11.4 Å². The average Bonchev–Trinajstić information content (AvgIpc) is 3.09. The minimum atomic E-state index is -0.733. The first-order valence-electron chi connectivity index (χ1n) is 9.11. The standard InChI is InChI=1S/C17H30FN7/c18-14-11-12(22-17(21)23-16(19)20)3-4-15(14)25-9-5-13(6-10-25)24-7-1-2-8-24/h3-4,11,13,16-17,22-23H,1-2,5-10,19-21H2. The van der Waals surface area contributed by atoms with Crippen molar-refractivity contribution in [3.05, 3.63) is 24.0 Å². The molecule has 1 unspecified atom stereocenters. The molecule has 2 saturated heterocycles. The molecule has 0 spiro atoms. The maximum atomic E-state index is 14.5. The lowest BCUT2D eigenvalue weighted by Gasteiger charge is -2.38. The highest BCUT2D eigenvalue weighted by molar-refractivity contribution is 5.56. The first kappa shape index (κ1) is 18.3. The summed E-state index contributed by atoms with van der Waals surface area (Å²) >= 11 is 0. The minimum absolute atomic E-state index is 0.242. The number of nitrogens with zero attached hydrogens (tertiary/aromatic N) is 2. The van der Waals surface area contributed by atoms with E-state index in [0.29, 0.717) is 17.4 Å². The molecule has 0 bridgehead atoms. The first-order valence-corrected chi connectivity index (χ1v) is 9.11. The molecular weight excluding hydrogens is 321 g/mol. The third-order valence-corrected chi connectivity index (χ3v) is 5.10. The molecule has 140 valence electrons. The van der Waals surface area contributed by atoms with E-state index in [1.165, 1.54) is 32.0 Å². The molecule has 8 N–H and O–H groups in total. The van der Waals surface area contributed by atoms with Crippen molar-refractivity contribution in [2.75, 3.05) is 36.4 Å². The van der Waals surface area contributed by atoms with Crippen LogP contribution < -0.4 is 32.7 Å². The summed E-state index contributed by atoms with van der Waals surface area (Å²) in [5.74, 6) is -0.242. The number of hydrogen-bond donors (Lipinski definition) is 5. The lowest BCUT2D eigenvalue weighted by atomic mass is 10.0. The molecule has 2 aliphatic heterocycles. The molecule has 0 radical (unpaired) electrons. The molecule has 1 aromatic carbocycles. The average molecular weight is 351 g/mol. The van der Waals surface area contributed by atoms with Gasteiger partial charge in [-0.2, -0.15) is 0 Å². The topological polar surface area (TPSA) is 109 Å². The van der Waals surface area contributed by atoms with Gasteiger partial charge in [0, 0.05) is 24.8 Å². The summed E-state index contributed by atoms with van der Waals surface area (Å²) in [4.78, 5) is 4.73.